The second kappa shape index (κ2) is 8.18. The van der Waals surface area contributed by atoms with Gasteiger partial charge in [0.05, 0.1) is 0 Å². The number of nitrogens with one attached hydrogen (secondary N) is 1. The van der Waals surface area contributed by atoms with E-state index in [-0.39, 0.29) is 11.8 Å². The third-order valence-electron chi connectivity index (χ3n) is 2.62. The molecule has 0 fully saturated rings. The van der Waals surface area contributed by atoms with Gasteiger partial charge in [-0.2, -0.15) is 29.9 Å². The monoisotopic (exact) mass is 308 g/mol. The fourth-order valence-electron chi connectivity index (χ4n) is 1.64. The Morgan fingerprint density at radius 3 is 2.55 bits per heavy atom. The van der Waals surface area contributed by atoms with Crippen LogP contribution in [0.5, 0.6) is 0 Å². The molecule has 0 aromatic carbocycles. The first-order chi connectivity index (χ1) is 9.43. The molecule has 0 aliphatic heterocycles. The summed E-state index contributed by atoms with van der Waals surface area (Å²) in [4.78, 5) is 6.93. The van der Waals surface area contributed by atoms with Crippen LogP contribution in [0.2, 0.25) is 0 Å². The second-order valence-corrected chi connectivity index (χ2v) is 5.31. The van der Waals surface area contributed by atoms with Gasteiger partial charge in [0.2, 0.25) is 5.95 Å². The van der Waals surface area contributed by atoms with E-state index in [0.29, 0.717) is 6.54 Å². The highest BCUT2D eigenvalue weighted by atomic mass is 32.2. The van der Waals surface area contributed by atoms with Crippen molar-refractivity contribution in [1.82, 2.24) is 9.97 Å². The van der Waals surface area contributed by atoms with Gasteiger partial charge in [-0.3, -0.25) is 0 Å². The molecule has 1 aromatic heterocycles. The summed E-state index contributed by atoms with van der Waals surface area (Å²) >= 11 is 1.81. The van der Waals surface area contributed by atoms with E-state index in [4.69, 9.17) is 5.73 Å². The van der Waals surface area contributed by atoms with E-state index in [1.165, 1.54) is 6.42 Å². The lowest BCUT2D eigenvalue weighted by atomic mass is 10.2. The number of thioether (sulfide) groups is 1. The molecule has 0 bridgehead atoms. The van der Waals surface area contributed by atoms with Crippen LogP contribution in [-0.2, 0) is 6.18 Å². The van der Waals surface area contributed by atoms with Crippen molar-refractivity contribution in [3.63, 3.8) is 0 Å². The van der Waals surface area contributed by atoms with E-state index in [9.17, 15) is 13.2 Å². The van der Waals surface area contributed by atoms with Crippen LogP contribution in [0.1, 0.15) is 31.4 Å². The van der Waals surface area contributed by atoms with Gasteiger partial charge >= 0.3 is 6.18 Å². The number of hydrogen-bond donors (Lipinski definition) is 2. The minimum atomic E-state index is -4.51. The zero-order chi connectivity index (χ0) is 15.0. The van der Waals surface area contributed by atoms with Crippen molar-refractivity contribution in [2.45, 2.75) is 31.9 Å². The maximum absolute atomic E-state index is 12.5. The van der Waals surface area contributed by atoms with Gasteiger partial charge in [0.15, 0.2) is 5.69 Å². The summed E-state index contributed by atoms with van der Waals surface area (Å²) in [7, 11) is 0. The standard InChI is InChI=1S/C12H19F3N4S/c1-20-7-5-3-2-4-6-17-10-8-9(12(13,14)15)18-11(16)19-10/h8H,2-7H2,1H3,(H3,16,17,18,19). The van der Waals surface area contributed by atoms with Crippen LogP contribution >= 0.6 is 11.8 Å². The number of rotatable bonds is 8. The number of halogens is 3. The highest BCUT2D eigenvalue weighted by molar-refractivity contribution is 7.98. The van der Waals surface area contributed by atoms with E-state index < -0.39 is 11.9 Å². The number of nitrogens with two attached hydrogens (primary N) is 1. The Labute approximate surface area is 120 Å². The molecule has 1 heterocycles. The number of nitrogen functional groups attached to an aromatic ring is 1. The maximum Gasteiger partial charge on any atom is 0.433 e. The van der Waals surface area contributed by atoms with Crippen LogP contribution < -0.4 is 11.1 Å². The van der Waals surface area contributed by atoms with Gasteiger partial charge in [-0.05, 0) is 24.9 Å². The lowest BCUT2D eigenvalue weighted by Gasteiger charge is -2.10. The molecule has 1 rings (SSSR count). The molecule has 1 aromatic rings. The molecule has 3 N–H and O–H groups in total. The quantitative estimate of drug-likeness (QED) is 0.721. The molecule has 4 nitrogen and oxygen atoms in total. The molecule has 114 valence electrons. The van der Waals surface area contributed by atoms with Gasteiger partial charge < -0.3 is 11.1 Å². The maximum atomic E-state index is 12.5. The van der Waals surface area contributed by atoms with Gasteiger partial charge in [0.1, 0.15) is 5.82 Å². The van der Waals surface area contributed by atoms with Crippen LogP contribution in [0.4, 0.5) is 24.9 Å². The Balaban J connectivity index is 2.39. The molecule has 0 amide bonds. The fourth-order valence-corrected chi connectivity index (χ4v) is 2.14. The highest BCUT2D eigenvalue weighted by Crippen LogP contribution is 2.29. The van der Waals surface area contributed by atoms with Crippen LogP contribution in [0.15, 0.2) is 6.07 Å². The van der Waals surface area contributed by atoms with Crippen molar-refractivity contribution in [2.75, 3.05) is 29.6 Å². The van der Waals surface area contributed by atoms with Crippen LogP contribution in [-0.4, -0.2) is 28.5 Å². The van der Waals surface area contributed by atoms with E-state index in [0.717, 1.165) is 31.1 Å². The molecule has 0 saturated carbocycles. The van der Waals surface area contributed by atoms with Crippen molar-refractivity contribution in [3.8, 4) is 0 Å². The number of nitrogens with zero attached hydrogens (tertiary/aromatic N) is 2. The van der Waals surface area contributed by atoms with Gasteiger partial charge in [-0.15, -0.1) is 0 Å². The lowest BCUT2D eigenvalue weighted by molar-refractivity contribution is -0.141. The second-order valence-electron chi connectivity index (χ2n) is 4.33. The third-order valence-corrected chi connectivity index (χ3v) is 3.31. The van der Waals surface area contributed by atoms with Crippen LogP contribution in [0.25, 0.3) is 0 Å². The largest absolute Gasteiger partial charge is 0.433 e. The third kappa shape index (κ3) is 6.31. The molecule has 0 saturated heterocycles. The molecule has 0 spiro atoms. The SMILES string of the molecule is CSCCCCCCNc1cc(C(F)(F)F)nc(N)n1. The van der Waals surface area contributed by atoms with Crippen LogP contribution in [0.3, 0.4) is 0 Å². The summed E-state index contributed by atoms with van der Waals surface area (Å²) in [6.07, 6.45) is 1.78. The number of unbranched alkanes of at least 4 members (excludes halogenated alkanes) is 3. The van der Waals surface area contributed by atoms with E-state index >= 15 is 0 Å². The molecular formula is C12H19F3N4S. The first-order valence-corrected chi connectivity index (χ1v) is 7.77. The Hall–Kier alpha value is -1.18. The number of aromatic nitrogens is 2. The topological polar surface area (TPSA) is 63.8 Å². The number of alkyl halides is 3. The first-order valence-electron chi connectivity index (χ1n) is 6.38. The zero-order valence-corrected chi connectivity index (χ0v) is 12.2. The lowest BCUT2D eigenvalue weighted by Crippen LogP contribution is -2.13. The van der Waals surface area contributed by atoms with E-state index in [1.807, 2.05) is 11.8 Å². The van der Waals surface area contributed by atoms with E-state index in [2.05, 4.69) is 21.5 Å². The molecule has 0 atom stereocenters. The Bertz CT molecular complexity index is 412. The van der Waals surface area contributed by atoms with E-state index in [1.54, 1.807) is 0 Å². The Kier molecular flexibility index (Phi) is 6.90. The summed E-state index contributed by atoms with van der Waals surface area (Å²) in [6.45, 7) is 0.576. The predicted molar refractivity (Wildman–Crippen MR) is 76.8 cm³/mol. The molecular weight excluding hydrogens is 289 g/mol. The average Bonchev–Trinajstić information content (AvgIpc) is 2.36. The normalized spacial score (nSPS) is 11.6. The fraction of sp³-hybridized carbons (Fsp3) is 0.667. The smallest absolute Gasteiger partial charge is 0.370 e. The summed E-state index contributed by atoms with van der Waals surface area (Å²) < 4.78 is 37.6. The Morgan fingerprint density at radius 2 is 1.90 bits per heavy atom. The summed E-state index contributed by atoms with van der Waals surface area (Å²) in [6, 6.07) is 0.879. The molecule has 20 heavy (non-hydrogen) atoms. The molecule has 0 radical (unpaired) electrons. The Morgan fingerprint density at radius 1 is 1.20 bits per heavy atom. The number of anilines is 2. The minimum Gasteiger partial charge on any atom is -0.370 e. The van der Waals surface area contributed by atoms with Crippen molar-refractivity contribution >= 4 is 23.5 Å². The molecule has 0 unspecified atom stereocenters. The summed E-state index contributed by atoms with van der Waals surface area (Å²) in [5.74, 6) is 0.890. The molecule has 8 heteroatoms. The minimum absolute atomic E-state index is 0.119. The first kappa shape index (κ1) is 16.9. The van der Waals surface area contributed by atoms with Gasteiger partial charge in [-0.25, -0.2) is 4.98 Å². The number of hydrogen-bond acceptors (Lipinski definition) is 5. The summed E-state index contributed by atoms with van der Waals surface area (Å²) in [5, 5.41) is 2.85. The van der Waals surface area contributed by atoms with Crippen LogP contribution in [0, 0.1) is 0 Å². The zero-order valence-electron chi connectivity index (χ0n) is 11.3. The highest BCUT2D eigenvalue weighted by Gasteiger charge is 2.33. The molecule has 0 aliphatic rings. The van der Waals surface area contributed by atoms with Crippen molar-refractivity contribution in [2.24, 2.45) is 0 Å². The van der Waals surface area contributed by atoms with Gasteiger partial charge in [-0.1, -0.05) is 12.8 Å². The van der Waals surface area contributed by atoms with Crippen molar-refractivity contribution in [3.05, 3.63) is 11.8 Å². The predicted octanol–water partition coefficient (Wildman–Crippen LogP) is 3.41. The van der Waals surface area contributed by atoms with Crippen molar-refractivity contribution in [1.29, 1.82) is 0 Å². The average molecular weight is 308 g/mol. The van der Waals surface area contributed by atoms with Crippen molar-refractivity contribution < 1.29 is 13.2 Å². The summed E-state index contributed by atoms with van der Waals surface area (Å²) in [5.41, 5.74) is 4.26. The van der Waals surface area contributed by atoms with Gasteiger partial charge in [0, 0.05) is 12.6 Å². The van der Waals surface area contributed by atoms with Gasteiger partial charge in [0.25, 0.3) is 0 Å². The molecule has 0 aliphatic carbocycles.